The molecule has 8 N–H and O–H groups in total. The summed E-state index contributed by atoms with van der Waals surface area (Å²) >= 11 is 4.04. The summed E-state index contributed by atoms with van der Waals surface area (Å²) in [4.78, 5) is 47.3. The van der Waals surface area contributed by atoms with Gasteiger partial charge in [-0.15, -0.1) is 0 Å². The number of thiol groups is 1. The van der Waals surface area contributed by atoms with E-state index >= 15 is 0 Å². The summed E-state index contributed by atoms with van der Waals surface area (Å²) in [7, 11) is 0. The highest BCUT2D eigenvalue weighted by Crippen LogP contribution is 2.03. The van der Waals surface area contributed by atoms with Crippen LogP contribution in [0.1, 0.15) is 39.5 Å². The van der Waals surface area contributed by atoms with Crippen molar-refractivity contribution in [1.82, 2.24) is 16.0 Å². The maximum Gasteiger partial charge on any atom is 0.326 e. The number of carbonyl (C=O) groups excluding carboxylic acids is 3. The molecule has 0 aromatic carbocycles. The van der Waals surface area contributed by atoms with Crippen molar-refractivity contribution in [1.29, 1.82) is 0 Å². The molecule has 0 aromatic rings. The second kappa shape index (κ2) is 14.2. The van der Waals surface area contributed by atoms with Gasteiger partial charge in [0.25, 0.3) is 0 Å². The summed E-state index contributed by atoms with van der Waals surface area (Å²) in [5.41, 5.74) is 11.1. The van der Waals surface area contributed by atoms with E-state index < -0.39 is 48.4 Å². The third-order valence-corrected chi connectivity index (χ3v) is 4.25. The van der Waals surface area contributed by atoms with Gasteiger partial charge in [0, 0.05) is 5.75 Å². The molecule has 0 fully saturated rings. The first-order valence-electron chi connectivity index (χ1n) is 9.29. The van der Waals surface area contributed by atoms with Crippen LogP contribution in [-0.4, -0.2) is 65.8 Å². The van der Waals surface area contributed by atoms with Gasteiger partial charge in [-0.1, -0.05) is 13.8 Å². The molecule has 162 valence electrons. The molecule has 0 heterocycles. The largest absolute Gasteiger partial charge is 0.480 e. The number of nitrogens with one attached hydrogen (secondary N) is 3. The Bertz CT molecular complexity index is 532. The molecule has 10 nitrogen and oxygen atoms in total. The second-order valence-electron chi connectivity index (χ2n) is 6.94. The zero-order valence-corrected chi connectivity index (χ0v) is 17.3. The number of hydrogen-bond acceptors (Lipinski definition) is 7. The predicted octanol–water partition coefficient (Wildman–Crippen LogP) is -1.41. The first-order valence-corrected chi connectivity index (χ1v) is 9.92. The van der Waals surface area contributed by atoms with E-state index in [1.807, 2.05) is 13.8 Å². The first-order chi connectivity index (χ1) is 13.1. The van der Waals surface area contributed by atoms with Gasteiger partial charge >= 0.3 is 5.97 Å². The van der Waals surface area contributed by atoms with Crippen molar-refractivity contribution >= 4 is 36.3 Å². The highest BCUT2D eigenvalue weighted by Gasteiger charge is 2.24. The minimum absolute atomic E-state index is 0.0183. The molecule has 3 amide bonds. The number of nitrogens with two attached hydrogens (primary N) is 2. The number of rotatable bonds is 14. The molecule has 28 heavy (non-hydrogen) atoms. The number of aliphatic carboxylic acids is 1. The van der Waals surface area contributed by atoms with Crippen LogP contribution in [0.25, 0.3) is 0 Å². The minimum Gasteiger partial charge on any atom is -0.480 e. The van der Waals surface area contributed by atoms with Crippen LogP contribution in [0.2, 0.25) is 0 Å². The SMILES string of the molecule is CC(C)CC(N)C(=O)NC(CS)C(=O)NCC(=O)NC(CCCCN)C(=O)O. The molecule has 0 bridgehead atoms. The number of carboxylic acid groups (broad SMARTS) is 1. The quantitative estimate of drug-likeness (QED) is 0.134. The zero-order chi connectivity index (χ0) is 21.7. The molecular formula is C17H33N5O5S. The van der Waals surface area contributed by atoms with E-state index in [9.17, 15) is 19.2 Å². The Hall–Kier alpha value is -1.85. The fourth-order valence-corrected chi connectivity index (χ4v) is 2.63. The molecule has 0 aromatic heterocycles. The van der Waals surface area contributed by atoms with Crippen molar-refractivity contribution in [3.8, 4) is 0 Å². The Morgan fingerprint density at radius 1 is 1.04 bits per heavy atom. The smallest absolute Gasteiger partial charge is 0.326 e. The second-order valence-corrected chi connectivity index (χ2v) is 7.31. The number of unbranched alkanes of at least 4 members (excludes halogenated alkanes) is 1. The Morgan fingerprint density at radius 2 is 1.68 bits per heavy atom. The summed E-state index contributed by atoms with van der Waals surface area (Å²) in [6, 6.07) is -2.75. The van der Waals surface area contributed by atoms with Gasteiger partial charge < -0.3 is 32.5 Å². The monoisotopic (exact) mass is 419 g/mol. The van der Waals surface area contributed by atoms with Crippen molar-refractivity contribution in [2.75, 3.05) is 18.8 Å². The lowest BCUT2D eigenvalue weighted by Crippen LogP contribution is -2.54. The van der Waals surface area contributed by atoms with Crippen molar-refractivity contribution in [2.45, 2.75) is 57.7 Å². The average Bonchev–Trinajstić information content (AvgIpc) is 2.62. The Labute approximate surface area is 171 Å². The van der Waals surface area contributed by atoms with Crippen LogP contribution in [0.15, 0.2) is 0 Å². The molecule has 0 spiro atoms. The third kappa shape index (κ3) is 11.1. The summed E-state index contributed by atoms with van der Waals surface area (Å²) in [6.45, 7) is 3.87. The van der Waals surface area contributed by atoms with E-state index in [0.717, 1.165) is 0 Å². The van der Waals surface area contributed by atoms with Crippen molar-refractivity contribution in [3.63, 3.8) is 0 Å². The van der Waals surface area contributed by atoms with Crippen molar-refractivity contribution in [3.05, 3.63) is 0 Å². The Morgan fingerprint density at radius 3 is 2.18 bits per heavy atom. The van der Waals surface area contributed by atoms with Crippen LogP contribution < -0.4 is 27.4 Å². The first kappa shape index (κ1) is 26.1. The van der Waals surface area contributed by atoms with E-state index in [1.54, 1.807) is 0 Å². The topological polar surface area (TPSA) is 177 Å². The lowest BCUT2D eigenvalue weighted by molar-refractivity contribution is -0.142. The standard InChI is InChI=1S/C17H33N5O5S/c1-10(2)7-11(19)15(24)22-13(9-28)16(25)20-8-14(23)21-12(17(26)27)5-3-4-6-18/h10-13,28H,3-9,18-19H2,1-2H3,(H,20,25)(H,21,23)(H,22,24)(H,26,27). The number of hydrogen-bond donors (Lipinski definition) is 7. The van der Waals surface area contributed by atoms with E-state index in [-0.39, 0.29) is 18.1 Å². The van der Waals surface area contributed by atoms with E-state index in [1.165, 1.54) is 0 Å². The maximum absolute atomic E-state index is 12.2. The normalized spacial score (nSPS) is 14.1. The van der Waals surface area contributed by atoms with Crippen LogP contribution in [-0.2, 0) is 19.2 Å². The van der Waals surface area contributed by atoms with E-state index in [0.29, 0.717) is 25.8 Å². The molecule has 0 radical (unpaired) electrons. The lowest BCUT2D eigenvalue weighted by atomic mass is 10.0. The molecule has 3 atom stereocenters. The number of carboxylic acids is 1. The summed E-state index contributed by atoms with van der Waals surface area (Å²) in [5.74, 6) is -2.64. The highest BCUT2D eigenvalue weighted by atomic mass is 32.1. The molecule has 3 unspecified atom stereocenters. The van der Waals surface area contributed by atoms with E-state index in [4.69, 9.17) is 16.6 Å². The zero-order valence-electron chi connectivity index (χ0n) is 16.4. The average molecular weight is 420 g/mol. The van der Waals surface area contributed by atoms with Crippen LogP contribution >= 0.6 is 12.6 Å². The molecule has 0 aliphatic heterocycles. The van der Waals surface area contributed by atoms with Gasteiger partial charge in [0.05, 0.1) is 12.6 Å². The molecule has 0 saturated heterocycles. The summed E-state index contributed by atoms with van der Waals surface area (Å²) in [5, 5.41) is 16.3. The lowest BCUT2D eigenvalue weighted by Gasteiger charge is -2.20. The fraction of sp³-hybridized carbons (Fsp3) is 0.765. The summed E-state index contributed by atoms with van der Waals surface area (Å²) in [6.07, 6.45) is 1.92. The fourth-order valence-electron chi connectivity index (χ4n) is 2.37. The van der Waals surface area contributed by atoms with Crippen LogP contribution in [0.3, 0.4) is 0 Å². The molecule has 0 saturated carbocycles. The van der Waals surface area contributed by atoms with E-state index in [2.05, 4.69) is 28.6 Å². The van der Waals surface area contributed by atoms with Crippen molar-refractivity contribution < 1.29 is 24.3 Å². The van der Waals surface area contributed by atoms with Gasteiger partial charge in [-0.25, -0.2) is 4.79 Å². The van der Waals surface area contributed by atoms with Gasteiger partial charge in [-0.3, -0.25) is 14.4 Å². The minimum atomic E-state index is -1.16. The summed E-state index contributed by atoms with van der Waals surface area (Å²) < 4.78 is 0. The molecular weight excluding hydrogens is 386 g/mol. The Balaban J connectivity index is 4.51. The van der Waals surface area contributed by atoms with Crippen molar-refractivity contribution in [2.24, 2.45) is 17.4 Å². The van der Waals surface area contributed by atoms with Crippen LogP contribution in [0.5, 0.6) is 0 Å². The van der Waals surface area contributed by atoms with Crippen LogP contribution in [0, 0.1) is 5.92 Å². The van der Waals surface area contributed by atoms with Gasteiger partial charge in [-0.2, -0.15) is 12.6 Å². The third-order valence-electron chi connectivity index (χ3n) is 3.88. The van der Waals surface area contributed by atoms with Gasteiger partial charge in [0.2, 0.25) is 17.7 Å². The number of carbonyl (C=O) groups is 4. The van der Waals surface area contributed by atoms with Gasteiger partial charge in [-0.05, 0) is 38.1 Å². The molecule has 11 heteroatoms. The van der Waals surface area contributed by atoms with Gasteiger partial charge in [0.1, 0.15) is 12.1 Å². The molecule has 0 rings (SSSR count). The Kier molecular flexibility index (Phi) is 13.3. The predicted molar refractivity (Wildman–Crippen MR) is 109 cm³/mol. The maximum atomic E-state index is 12.2. The number of amides is 3. The molecule has 0 aliphatic carbocycles. The molecule has 0 aliphatic rings. The van der Waals surface area contributed by atoms with Crippen LogP contribution in [0.4, 0.5) is 0 Å². The highest BCUT2D eigenvalue weighted by molar-refractivity contribution is 7.80. The van der Waals surface area contributed by atoms with Gasteiger partial charge in [0.15, 0.2) is 0 Å².